The summed E-state index contributed by atoms with van der Waals surface area (Å²) in [5, 5.41) is 3.18. The van der Waals surface area contributed by atoms with Crippen molar-refractivity contribution < 1.29 is 9.59 Å². The number of rotatable bonds is 6. The van der Waals surface area contributed by atoms with Gasteiger partial charge in [0.2, 0.25) is 11.8 Å². The molecule has 2 amide bonds. The standard InChI is InChI=1S/C21H35N3O2/c1-21(10-11-21)9-6-19(25)23-13-7-18(8-14-23)24-12-2-3-16(15-24)20(26)22-17-4-5-17/h16-18H,2-15H2,1H3,(H,22,26). The molecular formula is C21H35N3O2. The summed E-state index contributed by atoms with van der Waals surface area (Å²) < 4.78 is 0. The van der Waals surface area contributed by atoms with Crippen LogP contribution in [0.2, 0.25) is 0 Å². The van der Waals surface area contributed by atoms with E-state index in [0.29, 0.717) is 23.4 Å². The largest absolute Gasteiger partial charge is 0.353 e. The van der Waals surface area contributed by atoms with Gasteiger partial charge in [0.05, 0.1) is 5.92 Å². The van der Waals surface area contributed by atoms with E-state index >= 15 is 0 Å². The maximum atomic E-state index is 12.5. The molecule has 1 atom stereocenters. The minimum absolute atomic E-state index is 0.170. The normalized spacial score (nSPS) is 29.4. The van der Waals surface area contributed by atoms with Gasteiger partial charge in [-0.1, -0.05) is 6.92 Å². The first-order valence-corrected chi connectivity index (χ1v) is 10.8. The number of piperidine rings is 2. The number of nitrogens with one attached hydrogen (secondary N) is 1. The molecule has 5 nitrogen and oxygen atoms in total. The lowest BCUT2D eigenvalue weighted by molar-refractivity contribution is -0.133. The highest BCUT2D eigenvalue weighted by Gasteiger charge is 2.38. The lowest BCUT2D eigenvalue weighted by Gasteiger charge is -2.42. The van der Waals surface area contributed by atoms with Gasteiger partial charge in [0, 0.05) is 38.1 Å². The van der Waals surface area contributed by atoms with Crippen LogP contribution in [0.5, 0.6) is 0 Å². The zero-order valence-electron chi connectivity index (χ0n) is 16.3. The molecule has 2 saturated carbocycles. The van der Waals surface area contributed by atoms with Crippen molar-refractivity contribution in [3.8, 4) is 0 Å². The van der Waals surface area contributed by atoms with Crippen LogP contribution in [0.25, 0.3) is 0 Å². The van der Waals surface area contributed by atoms with Gasteiger partial charge in [0.15, 0.2) is 0 Å². The third kappa shape index (κ3) is 4.59. The summed E-state index contributed by atoms with van der Waals surface area (Å²) in [6.45, 7) is 6.13. The molecule has 4 aliphatic rings. The average Bonchev–Trinajstić information content (AvgIpc) is 3.59. The predicted molar refractivity (Wildman–Crippen MR) is 102 cm³/mol. The van der Waals surface area contributed by atoms with Gasteiger partial charge in [-0.2, -0.15) is 0 Å². The van der Waals surface area contributed by atoms with Gasteiger partial charge in [0.25, 0.3) is 0 Å². The maximum Gasteiger partial charge on any atom is 0.224 e. The molecule has 26 heavy (non-hydrogen) atoms. The fourth-order valence-electron chi connectivity index (χ4n) is 4.61. The van der Waals surface area contributed by atoms with Crippen LogP contribution in [0.4, 0.5) is 0 Å². The third-order valence-corrected chi connectivity index (χ3v) is 7.13. The summed E-state index contributed by atoms with van der Waals surface area (Å²) in [5.41, 5.74) is 0.470. The fourth-order valence-corrected chi connectivity index (χ4v) is 4.61. The molecule has 4 rings (SSSR count). The van der Waals surface area contributed by atoms with E-state index in [9.17, 15) is 9.59 Å². The number of hydrogen-bond donors (Lipinski definition) is 1. The van der Waals surface area contributed by atoms with Crippen molar-refractivity contribution in [3.63, 3.8) is 0 Å². The molecule has 2 aliphatic heterocycles. The van der Waals surface area contributed by atoms with E-state index in [1.54, 1.807) is 0 Å². The number of amides is 2. The molecule has 0 aromatic heterocycles. The predicted octanol–water partition coefficient (Wildman–Crippen LogP) is 2.55. The maximum absolute atomic E-state index is 12.5. The molecule has 4 fully saturated rings. The minimum atomic E-state index is 0.170. The summed E-state index contributed by atoms with van der Waals surface area (Å²) in [6.07, 6.45) is 11.0. The monoisotopic (exact) mass is 361 g/mol. The second-order valence-electron chi connectivity index (χ2n) is 9.54. The van der Waals surface area contributed by atoms with Crippen LogP contribution in [0.15, 0.2) is 0 Å². The summed E-state index contributed by atoms with van der Waals surface area (Å²) in [4.78, 5) is 29.5. The smallest absolute Gasteiger partial charge is 0.224 e. The Morgan fingerprint density at radius 2 is 1.77 bits per heavy atom. The topological polar surface area (TPSA) is 52.7 Å². The van der Waals surface area contributed by atoms with E-state index in [4.69, 9.17) is 0 Å². The molecule has 0 aromatic rings. The minimum Gasteiger partial charge on any atom is -0.353 e. The van der Waals surface area contributed by atoms with E-state index in [-0.39, 0.29) is 11.8 Å². The van der Waals surface area contributed by atoms with Crippen LogP contribution < -0.4 is 5.32 Å². The first-order chi connectivity index (χ1) is 12.5. The highest BCUT2D eigenvalue weighted by molar-refractivity contribution is 5.79. The third-order valence-electron chi connectivity index (χ3n) is 7.13. The van der Waals surface area contributed by atoms with Crippen LogP contribution >= 0.6 is 0 Å². The molecule has 146 valence electrons. The second-order valence-corrected chi connectivity index (χ2v) is 9.54. The van der Waals surface area contributed by atoms with Crippen molar-refractivity contribution in [2.45, 2.75) is 83.2 Å². The van der Waals surface area contributed by atoms with Crippen LogP contribution in [-0.4, -0.2) is 59.9 Å². The lowest BCUT2D eigenvalue weighted by Crippen LogP contribution is -2.51. The Kier molecular flexibility index (Phi) is 5.27. The summed E-state index contributed by atoms with van der Waals surface area (Å²) in [5.74, 6) is 0.804. The van der Waals surface area contributed by atoms with E-state index in [1.807, 2.05) is 0 Å². The van der Waals surface area contributed by atoms with Crippen LogP contribution in [-0.2, 0) is 9.59 Å². The van der Waals surface area contributed by atoms with Gasteiger partial charge in [-0.05, 0) is 69.7 Å². The van der Waals surface area contributed by atoms with Crippen molar-refractivity contribution in [2.24, 2.45) is 11.3 Å². The summed E-state index contributed by atoms with van der Waals surface area (Å²) in [6, 6.07) is 1.02. The summed E-state index contributed by atoms with van der Waals surface area (Å²) >= 11 is 0. The van der Waals surface area contributed by atoms with Crippen molar-refractivity contribution >= 4 is 11.8 Å². The molecule has 0 bridgehead atoms. The van der Waals surface area contributed by atoms with Crippen molar-refractivity contribution in [2.75, 3.05) is 26.2 Å². The van der Waals surface area contributed by atoms with E-state index in [1.165, 1.54) is 12.8 Å². The second kappa shape index (κ2) is 7.49. The van der Waals surface area contributed by atoms with Crippen molar-refractivity contribution in [3.05, 3.63) is 0 Å². The molecule has 1 unspecified atom stereocenters. The average molecular weight is 362 g/mol. The summed E-state index contributed by atoms with van der Waals surface area (Å²) in [7, 11) is 0. The molecule has 0 aromatic carbocycles. The van der Waals surface area contributed by atoms with Crippen molar-refractivity contribution in [1.82, 2.24) is 15.1 Å². The number of carbonyl (C=O) groups excluding carboxylic acids is 2. The number of hydrogen-bond acceptors (Lipinski definition) is 3. The molecular weight excluding hydrogens is 326 g/mol. The van der Waals surface area contributed by atoms with E-state index < -0.39 is 0 Å². The SMILES string of the molecule is CC1(CCC(=O)N2CCC(N3CCCC(C(=O)NC4CC4)C3)CC2)CC1. The van der Waals surface area contributed by atoms with Gasteiger partial charge < -0.3 is 10.2 Å². The number of carbonyl (C=O) groups is 2. The van der Waals surface area contributed by atoms with Gasteiger partial charge in [-0.3, -0.25) is 14.5 Å². The quantitative estimate of drug-likeness (QED) is 0.791. The molecule has 2 heterocycles. The Morgan fingerprint density at radius 3 is 2.42 bits per heavy atom. The first-order valence-electron chi connectivity index (χ1n) is 10.8. The van der Waals surface area contributed by atoms with Crippen molar-refractivity contribution in [1.29, 1.82) is 0 Å². The van der Waals surface area contributed by atoms with Crippen LogP contribution in [0, 0.1) is 11.3 Å². The first kappa shape index (κ1) is 18.3. The van der Waals surface area contributed by atoms with Gasteiger partial charge >= 0.3 is 0 Å². The highest BCUT2D eigenvalue weighted by atomic mass is 16.2. The Hall–Kier alpha value is -1.10. The lowest BCUT2D eigenvalue weighted by atomic mass is 9.93. The number of nitrogens with zero attached hydrogens (tertiary/aromatic N) is 2. The highest BCUT2D eigenvalue weighted by Crippen LogP contribution is 2.49. The fraction of sp³-hybridized carbons (Fsp3) is 0.905. The molecule has 2 saturated heterocycles. The Bertz CT molecular complexity index is 533. The Balaban J connectivity index is 1.20. The van der Waals surface area contributed by atoms with E-state index in [2.05, 4.69) is 22.0 Å². The zero-order chi connectivity index (χ0) is 18.1. The van der Waals surface area contributed by atoms with Gasteiger partial charge in [0.1, 0.15) is 0 Å². The van der Waals surface area contributed by atoms with Crippen LogP contribution in [0.3, 0.4) is 0 Å². The molecule has 5 heteroatoms. The van der Waals surface area contributed by atoms with Gasteiger partial charge in [-0.15, -0.1) is 0 Å². The molecule has 0 spiro atoms. The Morgan fingerprint density at radius 1 is 1.04 bits per heavy atom. The number of likely N-dealkylation sites (tertiary alicyclic amines) is 2. The van der Waals surface area contributed by atoms with Crippen LogP contribution in [0.1, 0.15) is 71.1 Å². The molecule has 0 radical (unpaired) electrons. The van der Waals surface area contributed by atoms with E-state index in [0.717, 1.165) is 77.5 Å². The molecule has 1 N–H and O–H groups in total. The Labute approximate surface area is 157 Å². The zero-order valence-corrected chi connectivity index (χ0v) is 16.3. The molecule has 2 aliphatic carbocycles. The van der Waals surface area contributed by atoms with Gasteiger partial charge in [-0.25, -0.2) is 0 Å².